The second-order valence-electron chi connectivity index (χ2n) is 5.94. The van der Waals surface area contributed by atoms with E-state index in [-0.39, 0.29) is 16.1 Å². The van der Waals surface area contributed by atoms with Gasteiger partial charge in [-0.1, -0.05) is 29.3 Å². The summed E-state index contributed by atoms with van der Waals surface area (Å²) in [5.74, 6) is -1.46. The van der Waals surface area contributed by atoms with Crippen LogP contribution < -0.4 is 0 Å². The van der Waals surface area contributed by atoms with E-state index in [2.05, 4.69) is 4.98 Å². The highest BCUT2D eigenvalue weighted by Crippen LogP contribution is 2.30. The molecule has 1 unspecified atom stereocenters. The molecule has 2 heterocycles. The van der Waals surface area contributed by atoms with Crippen LogP contribution in [0.25, 0.3) is 5.65 Å². The van der Waals surface area contributed by atoms with E-state index in [0.29, 0.717) is 10.7 Å². The maximum Gasteiger partial charge on any atom is 0.352 e. The minimum Gasteiger partial charge on any atom is -0.466 e. The van der Waals surface area contributed by atoms with Crippen molar-refractivity contribution in [2.24, 2.45) is 0 Å². The third-order valence-electron chi connectivity index (χ3n) is 4.04. The molecule has 0 radical (unpaired) electrons. The molecule has 140 valence electrons. The largest absolute Gasteiger partial charge is 0.466 e. The van der Waals surface area contributed by atoms with Gasteiger partial charge in [-0.25, -0.2) is 14.6 Å². The Morgan fingerprint density at radius 2 is 1.89 bits per heavy atom. The molecule has 0 aliphatic heterocycles. The lowest BCUT2D eigenvalue weighted by atomic mass is 10.1. The Morgan fingerprint density at radius 3 is 2.56 bits per heavy atom. The SMILES string of the molecule is COC(=O)C(OC(=O)c1ccn2c(C)cc(C)nc12)c1ccc(Cl)cc1Cl. The Bertz CT molecular complexity index is 1050. The van der Waals surface area contributed by atoms with Crippen molar-refractivity contribution >= 4 is 40.8 Å². The van der Waals surface area contributed by atoms with Gasteiger partial charge in [0, 0.05) is 33.2 Å². The minimum absolute atomic E-state index is 0.192. The van der Waals surface area contributed by atoms with Crippen LogP contribution in [0.3, 0.4) is 0 Å². The van der Waals surface area contributed by atoms with Gasteiger partial charge in [0.05, 0.1) is 7.11 Å². The fourth-order valence-corrected chi connectivity index (χ4v) is 3.29. The summed E-state index contributed by atoms with van der Waals surface area (Å²) >= 11 is 12.1. The molecule has 1 aromatic carbocycles. The molecule has 0 aliphatic rings. The van der Waals surface area contributed by atoms with Crippen LogP contribution in [-0.4, -0.2) is 28.4 Å². The summed E-state index contributed by atoms with van der Waals surface area (Å²) in [7, 11) is 1.20. The van der Waals surface area contributed by atoms with Crippen molar-refractivity contribution in [1.82, 2.24) is 9.38 Å². The Kier molecular flexibility index (Phi) is 5.39. The standard InChI is InChI=1S/C19H16Cl2N2O4/c1-10-8-11(2)23-7-6-14(17(23)22-10)18(24)27-16(19(25)26-3)13-5-4-12(20)9-15(13)21/h4-9,16H,1-3H3. The van der Waals surface area contributed by atoms with Gasteiger partial charge in [-0.2, -0.15) is 0 Å². The van der Waals surface area contributed by atoms with Crippen molar-refractivity contribution in [2.45, 2.75) is 20.0 Å². The van der Waals surface area contributed by atoms with Gasteiger partial charge in [0.1, 0.15) is 5.56 Å². The fraction of sp³-hybridized carbons (Fsp3) is 0.211. The van der Waals surface area contributed by atoms with Gasteiger partial charge >= 0.3 is 11.9 Å². The number of benzene rings is 1. The number of halogens is 2. The average molecular weight is 407 g/mol. The Labute approximate surface area is 165 Å². The predicted octanol–water partition coefficient (Wildman–Crippen LogP) is 4.33. The first-order valence-electron chi connectivity index (χ1n) is 8.01. The lowest BCUT2D eigenvalue weighted by Gasteiger charge is -2.17. The molecule has 1 atom stereocenters. The molecular formula is C19H16Cl2N2O4. The van der Waals surface area contributed by atoms with Crippen LogP contribution in [-0.2, 0) is 14.3 Å². The normalized spacial score (nSPS) is 12.0. The second kappa shape index (κ2) is 7.58. The number of hydrogen-bond acceptors (Lipinski definition) is 5. The monoisotopic (exact) mass is 406 g/mol. The number of aromatic nitrogens is 2. The number of nitrogens with zero attached hydrogens (tertiary/aromatic N) is 2. The van der Waals surface area contributed by atoms with Gasteiger partial charge in [0.15, 0.2) is 5.65 Å². The van der Waals surface area contributed by atoms with Crippen molar-refractivity contribution in [3.05, 3.63) is 69.1 Å². The summed E-state index contributed by atoms with van der Waals surface area (Å²) in [6.45, 7) is 3.74. The molecule has 0 aliphatic carbocycles. The first-order chi connectivity index (χ1) is 12.8. The van der Waals surface area contributed by atoms with E-state index >= 15 is 0 Å². The minimum atomic E-state index is -1.33. The quantitative estimate of drug-likeness (QED) is 0.603. The summed E-state index contributed by atoms with van der Waals surface area (Å²) in [6.07, 6.45) is 0.393. The van der Waals surface area contributed by atoms with Gasteiger partial charge in [-0.05, 0) is 38.1 Å². The number of rotatable bonds is 4. The molecule has 27 heavy (non-hydrogen) atoms. The van der Waals surface area contributed by atoms with Crippen LogP contribution >= 0.6 is 23.2 Å². The highest BCUT2D eigenvalue weighted by molar-refractivity contribution is 6.35. The number of methoxy groups -OCH3 is 1. The van der Waals surface area contributed by atoms with E-state index < -0.39 is 18.0 Å². The average Bonchev–Trinajstić information content (AvgIpc) is 3.03. The zero-order valence-electron chi connectivity index (χ0n) is 14.8. The molecule has 0 saturated heterocycles. The van der Waals surface area contributed by atoms with Crippen molar-refractivity contribution < 1.29 is 19.1 Å². The third kappa shape index (κ3) is 3.77. The van der Waals surface area contributed by atoms with Gasteiger partial charge in [0.25, 0.3) is 0 Å². The topological polar surface area (TPSA) is 69.9 Å². The molecule has 6 nitrogen and oxygen atoms in total. The molecule has 0 N–H and O–H groups in total. The molecule has 8 heteroatoms. The van der Waals surface area contributed by atoms with Crippen LogP contribution in [0.1, 0.15) is 33.4 Å². The van der Waals surface area contributed by atoms with Crippen LogP contribution in [0.5, 0.6) is 0 Å². The fourth-order valence-electron chi connectivity index (χ4n) is 2.78. The van der Waals surface area contributed by atoms with Crippen LogP contribution in [0.15, 0.2) is 36.5 Å². The maximum atomic E-state index is 12.8. The number of carbonyl (C=O) groups is 2. The highest BCUT2D eigenvalue weighted by Gasteiger charge is 2.30. The van der Waals surface area contributed by atoms with Crippen molar-refractivity contribution in [2.75, 3.05) is 7.11 Å². The lowest BCUT2D eigenvalue weighted by Crippen LogP contribution is -2.21. The molecule has 0 fully saturated rings. The van der Waals surface area contributed by atoms with E-state index in [0.717, 1.165) is 11.4 Å². The summed E-state index contributed by atoms with van der Waals surface area (Å²) in [5.41, 5.74) is 2.65. The molecule has 0 amide bonds. The van der Waals surface area contributed by atoms with Crippen molar-refractivity contribution in [1.29, 1.82) is 0 Å². The summed E-state index contributed by atoms with van der Waals surface area (Å²) in [6, 6.07) is 8.02. The van der Waals surface area contributed by atoms with E-state index in [1.54, 1.807) is 22.7 Å². The maximum absolute atomic E-state index is 12.8. The van der Waals surface area contributed by atoms with E-state index in [1.807, 2.05) is 19.9 Å². The van der Waals surface area contributed by atoms with Gasteiger partial charge in [-0.15, -0.1) is 0 Å². The second-order valence-corrected chi connectivity index (χ2v) is 6.78. The molecule has 0 saturated carbocycles. The number of carbonyl (C=O) groups excluding carboxylic acids is 2. The van der Waals surface area contributed by atoms with Crippen molar-refractivity contribution in [3.63, 3.8) is 0 Å². The molecule has 3 rings (SSSR count). The van der Waals surface area contributed by atoms with Crippen LogP contribution in [0.2, 0.25) is 10.0 Å². The molecule has 0 spiro atoms. The smallest absolute Gasteiger partial charge is 0.352 e. The summed E-state index contributed by atoms with van der Waals surface area (Å²) in [4.78, 5) is 29.4. The Hall–Kier alpha value is -2.57. The summed E-state index contributed by atoms with van der Waals surface area (Å²) in [5, 5.41) is 0.588. The van der Waals surface area contributed by atoms with E-state index in [9.17, 15) is 9.59 Å². The zero-order valence-corrected chi connectivity index (χ0v) is 16.3. The van der Waals surface area contributed by atoms with Crippen LogP contribution in [0.4, 0.5) is 0 Å². The van der Waals surface area contributed by atoms with Gasteiger partial charge < -0.3 is 13.9 Å². The number of ether oxygens (including phenoxy) is 2. The predicted molar refractivity (Wildman–Crippen MR) is 101 cm³/mol. The van der Waals surface area contributed by atoms with E-state index in [1.165, 1.54) is 19.2 Å². The third-order valence-corrected chi connectivity index (χ3v) is 4.61. The first-order valence-corrected chi connectivity index (χ1v) is 8.76. The highest BCUT2D eigenvalue weighted by atomic mass is 35.5. The number of hydrogen-bond donors (Lipinski definition) is 0. The molecule has 0 bridgehead atoms. The molecule has 3 aromatic rings. The first kappa shape index (κ1) is 19.2. The Balaban J connectivity index is 1.99. The number of aryl methyl sites for hydroxylation is 2. The van der Waals surface area contributed by atoms with Crippen LogP contribution in [0, 0.1) is 13.8 Å². The summed E-state index contributed by atoms with van der Waals surface area (Å²) < 4.78 is 12.0. The number of fused-ring (bicyclic) bond motifs is 1. The zero-order chi connectivity index (χ0) is 19.7. The lowest BCUT2D eigenvalue weighted by molar-refractivity contribution is -0.151. The van der Waals surface area contributed by atoms with Gasteiger partial charge in [0.2, 0.25) is 6.10 Å². The van der Waals surface area contributed by atoms with E-state index in [4.69, 9.17) is 32.7 Å². The number of esters is 2. The van der Waals surface area contributed by atoms with Crippen molar-refractivity contribution in [3.8, 4) is 0 Å². The van der Waals surface area contributed by atoms with Gasteiger partial charge in [-0.3, -0.25) is 0 Å². The Morgan fingerprint density at radius 1 is 1.15 bits per heavy atom. The molecule has 2 aromatic heterocycles. The molecular weight excluding hydrogens is 391 g/mol.